The van der Waals surface area contributed by atoms with Crippen molar-refractivity contribution in [2.24, 2.45) is 0 Å². The van der Waals surface area contributed by atoms with Crippen LogP contribution in [0.4, 0.5) is 0 Å². The third-order valence-corrected chi connectivity index (χ3v) is 8.63. The van der Waals surface area contributed by atoms with Crippen LogP contribution in [-0.4, -0.2) is 37.7 Å². The highest BCUT2D eigenvalue weighted by molar-refractivity contribution is 14.1. The fraction of sp³-hybridized carbons (Fsp3) is 0.185. The third-order valence-electron chi connectivity index (χ3n) is 7.22. The van der Waals surface area contributed by atoms with E-state index in [0.717, 1.165) is 10.1 Å². The summed E-state index contributed by atoms with van der Waals surface area (Å²) >= 11 is 5.20. The number of aromatic hydroxyl groups is 1. The number of carbonyl (C=O) groups excluding carboxylic acids is 2. The zero-order valence-corrected chi connectivity index (χ0v) is 23.6. The largest absolute Gasteiger partial charge is 0.504 e. The Morgan fingerprint density at radius 2 is 1.82 bits per heavy atom. The molecule has 3 aliphatic rings. The third kappa shape index (κ3) is 3.55. The highest BCUT2D eigenvalue weighted by Crippen LogP contribution is 2.51. The number of halogens is 2. The van der Waals surface area contributed by atoms with Gasteiger partial charge in [-0.1, -0.05) is 24.3 Å². The molecule has 3 aromatic rings. The number of phenolic OH excluding ortho intramolecular Hbond substituents is 1. The molecule has 0 unspecified atom stereocenters. The number of rotatable bonds is 3. The number of Topliss-reactive ketones (excluding diaryl/α,β-unsaturated/α-hetero) is 1. The summed E-state index contributed by atoms with van der Waals surface area (Å²) in [7, 11) is 1.43. The van der Waals surface area contributed by atoms with Crippen LogP contribution in [0.15, 0.2) is 85.4 Å². The summed E-state index contributed by atoms with van der Waals surface area (Å²) in [6.45, 7) is 0.118. The molecule has 38 heavy (non-hydrogen) atoms. The SMILES string of the molecule is COc1cc([C@H]2C3=CCn4c(=O)n(-c5ccccc5)c(=O)n4[C@@H]3CC3=C2C(=O)C=C(Br)C3=O)cc(I)c1O. The minimum atomic E-state index is -0.684. The molecule has 0 amide bonds. The van der Waals surface area contributed by atoms with E-state index in [4.69, 9.17) is 4.74 Å². The summed E-state index contributed by atoms with van der Waals surface area (Å²) in [5.41, 5.74) is 1.41. The van der Waals surface area contributed by atoms with E-state index in [9.17, 15) is 24.3 Å². The number of methoxy groups -OCH3 is 1. The Hall–Kier alpha value is -3.45. The Balaban J connectivity index is 1.61. The van der Waals surface area contributed by atoms with Gasteiger partial charge in [0.2, 0.25) is 0 Å². The molecule has 0 fully saturated rings. The molecule has 1 N–H and O–H groups in total. The van der Waals surface area contributed by atoms with Crippen LogP contribution in [0.25, 0.3) is 5.69 Å². The average Bonchev–Trinajstić information content (AvgIpc) is 3.17. The summed E-state index contributed by atoms with van der Waals surface area (Å²) in [5, 5.41) is 10.4. The molecule has 1 aromatic heterocycles. The van der Waals surface area contributed by atoms with Gasteiger partial charge in [-0.05, 0) is 73.9 Å². The fourth-order valence-electron chi connectivity index (χ4n) is 5.57. The van der Waals surface area contributed by atoms with Crippen LogP contribution in [0.1, 0.15) is 23.9 Å². The van der Waals surface area contributed by atoms with Crippen molar-refractivity contribution in [3.63, 3.8) is 0 Å². The second kappa shape index (κ2) is 9.09. The lowest BCUT2D eigenvalue weighted by atomic mass is 9.69. The molecule has 0 saturated carbocycles. The van der Waals surface area contributed by atoms with Gasteiger partial charge in [-0.15, -0.1) is 0 Å². The van der Waals surface area contributed by atoms with Crippen molar-refractivity contribution in [1.82, 2.24) is 13.9 Å². The second-order valence-electron chi connectivity index (χ2n) is 9.15. The van der Waals surface area contributed by atoms with Crippen molar-refractivity contribution >= 4 is 50.1 Å². The van der Waals surface area contributed by atoms with E-state index in [-0.39, 0.29) is 40.5 Å². The number of fused-ring (bicyclic) bond motifs is 3. The highest BCUT2D eigenvalue weighted by Gasteiger charge is 2.45. The number of ether oxygens (including phenoxy) is 1. The minimum Gasteiger partial charge on any atom is -0.504 e. The Morgan fingerprint density at radius 3 is 2.53 bits per heavy atom. The molecule has 6 rings (SSSR count). The van der Waals surface area contributed by atoms with Crippen LogP contribution in [0, 0.1) is 3.57 Å². The molecule has 0 saturated heterocycles. The topological polar surface area (TPSA) is 113 Å². The van der Waals surface area contributed by atoms with Crippen molar-refractivity contribution in [3.8, 4) is 17.2 Å². The van der Waals surface area contributed by atoms with Gasteiger partial charge in [-0.25, -0.2) is 23.5 Å². The van der Waals surface area contributed by atoms with Gasteiger partial charge in [0.15, 0.2) is 23.1 Å². The van der Waals surface area contributed by atoms with Gasteiger partial charge in [0.25, 0.3) is 0 Å². The smallest absolute Gasteiger partial charge is 0.352 e. The quantitative estimate of drug-likeness (QED) is 0.256. The molecule has 1 aliphatic heterocycles. The summed E-state index contributed by atoms with van der Waals surface area (Å²) < 4.78 is 9.91. The van der Waals surface area contributed by atoms with Crippen LogP contribution in [-0.2, 0) is 16.1 Å². The number of nitrogens with zero attached hydrogens (tertiary/aromatic N) is 3. The molecular weight excluding hydrogens is 669 g/mol. The molecule has 2 atom stereocenters. The van der Waals surface area contributed by atoms with Gasteiger partial charge in [0.05, 0.1) is 33.4 Å². The van der Waals surface area contributed by atoms with Gasteiger partial charge in [-0.3, -0.25) is 9.59 Å². The van der Waals surface area contributed by atoms with Crippen LogP contribution in [0.3, 0.4) is 0 Å². The Labute approximate surface area is 237 Å². The number of benzene rings is 2. The maximum atomic E-state index is 13.7. The average molecular weight is 688 g/mol. The van der Waals surface area contributed by atoms with Crippen molar-refractivity contribution in [1.29, 1.82) is 0 Å². The highest BCUT2D eigenvalue weighted by atomic mass is 127. The van der Waals surface area contributed by atoms with E-state index >= 15 is 0 Å². The molecular formula is C27H19BrIN3O6. The summed E-state index contributed by atoms with van der Waals surface area (Å²) in [6.07, 6.45) is 3.21. The first-order valence-electron chi connectivity index (χ1n) is 11.7. The number of carbonyl (C=O) groups is 2. The van der Waals surface area contributed by atoms with Gasteiger partial charge < -0.3 is 9.84 Å². The predicted octanol–water partition coefficient (Wildman–Crippen LogP) is 3.52. The molecule has 2 aliphatic carbocycles. The van der Waals surface area contributed by atoms with Gasteiger partial charge in [-0.2, -0.15) is 0 Å². The first-order valence-corrected chi connectivity index (χ1v) is 13.6. The second-order valence-corrected chi connectivity index (χ2v) is 11.2. The van der Waals surface area contributed by atoms with Crippen LogP contribution in [0.2, 0.25) is 0 Å². The molecule has 2 heterocycles. The number of allylic oxidation sites excluding steroid dienone is 6. The zero-order chi connectivity index (χ0) is 26.9. The molecule has 0 bridgehead atoms. The molecule has 2 aromatic carbocycles. The van der Waals surface area contributed by atoms with E-state index in [0.29, 0.717) is 26.0 Å². The van der Waals surface area contributed by atoms with E-state index in [2.05, 4.69) is 15.9 Å². The molecule has 0 radical (unpaired) electrons. The van der Waals surface area contributed by atoms with Gasteiger partial charge in [0, 0.05) is 29.6 Å². The Morgan fingerprint density at radius 1 is 1.08 bits per heavy atom. The Bertz CT molecular complexity index is 1780. The van der Waals surface area contributed by atoms with E-state index in [1.165, 1.54) is 22.5 Å². The number of aromatic nitrogens is 3. The summed E-state index contributed by atoms with van der Waals surface area (Å²) in [6, 6.07) is 11.4. The molecule has 11 heteroatoms. The first-order chi connectivity index (χ1) is 18.2. The van der Waals surface area contributed by atoms with Crippen molar-refractivity contribution in [2.75, 3.05) is 7.11 Å². The van der Waals surface area contributed by atoms with E-state index < -0.39 is 23.3 Å². The van der Waals surface area contributed by atoms with Gasteiger partial charge >= 0.3 is 11.4 Å². The molecule has 192 valence electrons. The lowest BCUT2D eigenvalue weighted by Gasteiger charge is -2.39. The van der Waals surface area contributed by atoms with Crippen molar-refractivity contribution in [3.05, 3.63) is 106 Å². The lowest BCUT2D eigenvalue weighted by molar-refractivity contribution is -0.115. The summed E-state index contributed by atoms with van der Waals surface area (Å²) in [5.74, 6) is -1.14. The maximum absolute atomic E-state index is 13.7. The predicted molar refractivity (Wildman–Crippen MR) is 150 cm³/mol. The normalized spacial score (nSPS) is 20.4. The molecule has 9 nitrogen and oxygen atoms in total. The van der Waals surface area contributed by atoms with E-state index in [1.54, 1.807) is 42.5 Å². The number of ketones is 2. The number of hydrogen-bond acceptors (Lipinski definition) is 6. The zero-order valence-electron chi connectivity index (χ0n) is 19.9. The first kappa shape index (κ1) is 24.9. The number of hydrogen-bond donors (Lipinski definition) is 1. The molecule has 0 spiro atoms. The van der Waals surface area contributed by atoms with E-state index in [1.807, 2.05) is 28.7 Å². The Kier molecular flexibility index (Phi) is 5.94. The van der Waals surface area contributed by atoms with Crippen molar-refractivity contribution in [2.45, 2.75) is 24.9 Å². The minimum absolute atomic E-state index is 0.0327. The number of para-hydroxylation sites is 1. The van der Waals surface area contributed by atoms with Crippen LogP contribution < -0.4 is 16.1 Å². The van der Waals surface area contributed by atoms with Crippen LogP contribution >= 0.6 is 38.5 Å². The summed E-state index contributed by atoms with van der Waals surface area (Å²) in [4.78, 5) is 53.8. The van der Waals surface area contributed by atoms with Crippen molar-refractivity contribution < 1.29 is 19.4 Å². The van der Waals surface area contributed by atoms with Crippen LogP contribution in [0.5, 0.6) is 11.5 Å². The standard InChI is InChI=1S/C27H19BrIN3O6/c1-38-21-10-13(9-18(29)25(21)35)22-15-7-8-30-26(36)31(14-5-3-2-4-6-14)27(37)32(30)19(15)11-16-23(22)20(33)12-17(28)24(16)34/h2-7,9-10,12,19,22,35H,8,11H2,1H3/t19-,22+/m1/s1. The van der Waals surface area contributed by atoms with Gasteiger partial charge in [0.1, 0.15) is 0 Å². The monoisotopic (exact) mass is 687 g/mol. The maximum Gasteiger partial charge on any atom is 0.352 e. The lowest BCUT2D eigenvalue weighted by Crippen LogP contribution is -2.40. The fourth-order valence-corrected chi connectivity index (χ4v) is 6.64. The number of phenols is 1.